The lowest BCUT2D eigenvalue weighted by molar-refractivity contribution is 0.0485. The molecule has 1 heterocycles. The van der Waals surface area contributed by atoms with Crippen LogP contribution < -0.4 is 0 Å². The average molecular weight is 293 g/mol. The van der Waals surface area contributed by atoms with Crippen molar-refractivity contribution in [1.82, 2.24) is 4.98 Å². The molecule has 1 aromatic rings. The molecule has 0 spiro atoms. The van der Waals surface area contributed by atoms with Gasteiger partial charge in [0.1, 0.15) is 0 Å². The predicted molar refractivity (Wildman–Crippen MR) is 81.4 cm³/mol. The van der Waals surface area contributed by atoms with Crippen molar-refractivity contribution in [3.63, 3.8) is 0 Å². The first-order valence-corrected chi connectivity index (χ1v) is 7.97. The Morgan fingerprint density at radius 1 is 1.43 bits per heavy atom. The van der Waals surface area contributed by atoms with E-state index in [2.05, 4.69) is 32.7 Å². The van der Waals surface area contributed by atoms with E-state index in [1.54, 1.807) is 6.92 Å². The summed E-state index contributed by atoms with van der Waals surface area (Å²) in [5, 5.41) is 0. The zero-order valence-electron chi connectivity index (χ0n) is 13.9. The standard InChI is InChI=1S/C17H27NO3/c1-6-20-16(19)15-14(12-7-8-12)18-13(21-15)9-11(2)10-17(3,4)5/h11-12H,6-10H2,1-5H3. The molecule has 0 saturated heterocycles. The van der Waals surface area contributed by atoms with E-state index < -0.39 is 0 Å². The van der Waals surface area contributed by atoms with Gasteiger partial charge in [-0.25, -0.2) is 9.78 Å². The summed E-state index contributed by atoms with van der Waals surface area (Å²) in [5.74, 6) is 1.50. The summed E-state index contributed by atoms with van der Waals surface area (Å²) in [4.78, 5) is 16.5. The molecule has 2 rings (SSSR count). The second-order valence-electron chi connectivity index (χ2n) is 7.39. The van der Waals surface area contributed by atoms with Gasteiger partial charge < -0.3 is 9.15 Å². The number of carbonyl (C=O) groups excluding carboxylic acids is 1. The van der Waals surface area contributed by atoms with Gasteiger partial charge in [0.25, 0.3) is 0 Å². The third-order valence-corrected chi connectivity index (χ3v) is 3.61. The molecule has 1 atom stereocenters. The summed E-state index contributed by atoms with van der Waals surface area (Å²) in [6.07, 6.45) is 4.06. The monoisotopic (exact) mass is 293 g/mol. The van der Waals surface area contributed by atoms with Crippen LogP contribution in [0.4, 0.5) is 0 Å². The molecule has 1 unspecified atom stereocenters. The van der Waals surface area contributed by atoms with Crippen LogP contribution in [0, 0.1) is 11.3 Å². The van der Waals surface area contributed by atoms with Crippen LogP contribution in [0.5, 0.6) is 0 Å². The Morgan fingerprint density at radius 2 is 2.10 bits per heavy atom. The van der Waals surface area contributed by atoms with Gasteiger partial charge in [-0.15, -0.1) is 0 Å². The first-order chi connectivity index (χ1) is 9.80. The number of aromatic nitrogens is 1. The van der Waals surface area contributed by atoms with Gasteiger partial charge in [-0.3, -0.25) is 0 Å². The van der Waals surface area contributed by atoms with Gasteiger partial charge in [-0.2, -0.15) is 0 Å². The molecule has 4 heteroatoms. The van der Waals surface area contributed by atoms with Crippen LogP contribution in [0.1, 0.15) is 81.9 Å². The largest absolute Gasteiger partial charge is 0.460 e. The van der Waals surface area contributed by atoms with Crippen molar-refractivity contribution in [2.75, 3.05) is 6.61 Å². The second-order valence-corrected chi connectivity index (χ2v) is 7.39. The van der Waals surface area contributed by atoms with Crippen molar-refractivity contribution in [2.45, 2.75) is 66.2 Å². The van der Waals surface area contributed by atoms with Crippen molar-refractivity contribution in [3.8, 4) is 0 Å². The van der Waals surface area contributed by atoms with Crippen molar-refractivity contribution in [1.29, 1.82) is 0 Å². The molecule has 1 saturated carbocycles. The fraction of sp³-hybridized carbons (Fsp3) is 0.765. The highest BCUT2D eigenvalue weighted by Gasteiger charge is 2.34. The van der Waals surface area contributed by atoms with E-state index in [9.17, 15) is 4.79 Å². The number of esters is 1. The fourth-order valence-corrected chi connectivity index (χ4v) is 2.86. The first-order valence-electron chi connectivity index (χ1n) is 7.97. The van der Waals surface area contributed by atoms with Crippen LogP contribution in [0.2, 0.25) is 0 Å². The summed E-state index contributed by atoms with van der Waals surface area (Å²) in [6.45, 7) is 11.1. The van der Waals surface area contributed by atoms with Crippen molar-refractivity contribution in [3.05, 3.63) is 17.3 Å². The minimum absolute atomic E-state index is 0.287. The van der Waals surface area contributed by atoms with Crippen LogP contribution in [0.25, 0.3) is 0 Å². The molecule has 0 aromatic carbocycles. The Labute approximate surface area is 127 Å². The van der Waals surface area contributed by atoms with Crippen molar-refractivity contribution >= 4 is 5.97 Å². The van der Waals surface area contributed by atoms with Gasteiger partial charge in [0, 0.05) is 12.3 Å². The first kappa shape index (κ1) is 16.1. The minimum atomic E-state index is -0.373. The minimum Gasteiger partial charge on any atom is -0.460 e. The predicted octanol–water partition coefficient (Wildman–Crippen LogP) is 4.34. The second kappa shape index (κ2) is 6.20. The van der Waals surface area contributed by atoms with Crippen LogP contribution in [-0.2, 0) is 11.2 Å². The van der Waals surface area contributed by atoms with Crippen molar-refractivity contribution in [2.24, 2.45) is 11.3 Å². The molecule has 118 valence electrons. The fourth-order valence-electron chi connectivity index (χ4n) is 2.86. The van der Waals surface area contributed by atoms with Crippen LogP contribution in [0.15, 0.2) is 4.42 Å². The number of rotatable bonds is 6. The average Bonchev–Trinajstić information content (AvgIpc) is 3.09. The molecule has 21 heavy (non-hydrogen) atoms. The molecule has 0 radical (unpaired) electrons. The van der Waals surface area contributed by atoms with E-state index in [0.29, 0.717) is 30.1 Å². The van der Waals surface area contributed by atoms with E-state index in [1.165, 1.54) is 0 Å². The quantitative estimate of drug-likeness (QED) is 0.732. The lowest BCUT2D eigenvalue weighted by Crippen LogP contribution is -2.12. The summed E-state index contributed by atoms with van der Waals surface area (Å²) < 4.78 is 10.8. The maximum absolute atomic E-state index is 12.0. The summed E-state index contributed by atoms with van der Waals surface area (Å²) >= 11 is 0. The molecule has 0 bridgehead atoms. The van der Waals surface area contributed by atoms with Gasteiger partial charge in [0.15, 0.2) is 5.89 Å². The smallest absolute Gasteiger partial charge is 0.376 e. The van der Waals surface area contributed by atoms with Crippen LogP contribution in [-0.4, -0.2) is 17.6 Å². The third-order valence-electron chi connectivity index (χ3n) is 3.61. The van der Waals surface area contributed by atoms with Crippen LogP contribution >= 0.6 is 0 Å². The van der Waals surface area contributed by atoms with Gasteiger partial charge in [0.05, 0.1) is 12.3 Å². The lowest BCUT2D eigenvalue weighted by Gasteiger charge is -2.22. The molecule has 0 aliphatic heterocycles. The molecule has 1 aromatic heterocycles. The number of hydrogen-bond acceptors (Lipinski definition) is 4. The summed E-state index contributed by atoms with van der Waals surface area (Å²) in [5.41, 5.74) is 1.10. The van der Waals surface area contributed by atoms with E-state index in [4.69, 9.17) is 9.15 Å². The molecule has 0 N–H and O–H groups in total. The van der Waals surface area contributed by atoms with E-state index in [1.807, 2.05) is 0 Å². The zero-order valence-corrected chi connectivity index (χ0v) is 13.9. The normalized spacial score (nSPS) is 16.8. The Hall–Kier alpha value is -1.32. The Bertz CT molecular complexity index is 495. The van der Waals surface area contributed by atoms with E-state index >= 15 is 0 Å². The molecular formula is C17H27NO3. The molecule has 4 nitrogen and oxygen atoms in total. The summed E-state index contributed by atoms with van der Waals surface area (Å²) in [7, 11) is 0. The Morgan fingerprint density at radius 3 is 2.62 bits per heavy atom. The van der Waals surface area contributed by atoms with E-state index in [0.717, 1.165) is 31.4 Å². The number of hydrogen-bond donors (Lipinski definition) is 0. The molecule has 1 aliphatic carbocycles. The number of ether oxygens (including phenoxy) is 1. The lowest BCUT2D eigenvalue weighted by atomic mass is 9.84. The number of oxazole rings is 1. The van der Waals surface area contributed by atoms with Gasteiger partial charge >= 0.3 is 5.97 Å². The highest BCUT2D eigenvalue weighted by molar-refractivity contribution is 5.87. The van der Waals surface area contributed by atoms with Gasteiger partial charge in [-0.1, -0.05) is 27.7 Å². The highest BCUT2D eigenvalue weighted by Crippen LogP contribution is 2.41. The topological polar surface area (TPSA) is 52.3 Å². The van der Waals surface area contributed by atoms with Gasteiger partial charge in [0.2, 0.25) is 5.76 Å². The molecule has 1 aliphatic rings. The van der Waals surface area contributed by atoms with E-state index in [-0.39, 0.29) is 11.4 Å². The maximum Gasteiger partial charge on any atom is 0.376 e. The molecular weight excluding hydrogens is 266 g/mol. The summed E-state index contributed by atoms with van der Waals surface area (Å²) in [6, 6.07) is 0. The van der Waals surface area contributed by atoms with Crippen molar-refractivity contribution < 1.29 is 13.9 Å². The zero-order chi connectivity index (χ0) is 15.6. The molecule has 0 amide bonds. The SMILES string of the molecule is CCOC(=O)c1oc(CC(C)CC(C)(C)C)nc1C1CC1. The maximum atomic E-state index is 12.0. The van der Waals surface area contributed by atoms with Crippen LogP contribution in [0.3, 0.4) is 0 Å². The van der Waals surface area contributed by atoms with Gasteiger partial charge in [-0.05, 0) is 37.5 Å². The number of nitrogens with zero attached hydrogens (tertiary/aromatic N) is 1. The Balaban J connectivity index is 2.10. The third kappa shape index (κ3) is 4.58. The highest BCUT2D eigenvalue weighted by atomic mass is 16.5. The Kier molecular flexibility index (Phi) is 4.74. The number of carbonyl (C=O) groups is 1. The molecule has 1 fully saturated rings.